The number of nitriles is 1. The number of carbonyl (C=O) groups excluding carboxylic acids is 1. The first-order valence-corrected chi connectivity index (χ1v) is 3.97. The lowest BCUT2D eigenvalue weighted by Crippen LogP contribution is -2.02. The fourth-order valence-electron chi connectivity index (χ4n) is 0.918. The Labute approximate surface area is 87.7 Å². The zero-order chi connectivity index (χ0) is 11.6. The molecule has 0 bridgehead atoms. The van der Waals surface area contributed by atoms with Gasteiger partial charge in [-0.2, -0.15) is 5.26 Å². The average Bonchev–Trinajstić information content (AvgIpc) is 2.16. The molecular formula is C8H3ClF2N2O2. The van der Waals surface area contributed by atoms with Gasteiger partial charge in [-0.3, -0.25) is 4.79 Å². The van der Waals surface area contributed by atoms with Gasteiger partial charge in [0.25, 0.3) is 11.7 Å². The van der Waals surface area contributed by atoms with Crippen LogP contribution in [0.3, 0.4) is 0 Å². The van der Waals surface area contributed by atoms with Gasteiger partial charge in [0, 0.05) is 0 Å². The number of carbonyl (C=O) groups is 1. The third kappa shape index (κ3) is 2.19. The van der Waals surface area contributed by atoms with Crippen molar-refractivity contribution in [1.29, 1.82) is 5.26 Å². The van der Waals surface area contributed by atoms with Crippen LogP contribution in [-0.4, -0.2) is 15.3 Å². The van der Waals surface area contributed by atoms with Crippen molar-refractivity contribution in [3.63, 3.8) is 0 Å². The first-order chi connectivity index (χ1) is 6.97. The highest BCUT2D eigenvalue weighted by molar-refractivity contribution is 6.67. The number of halogens is 3. The van der Waals surface area contributed by atoms with Crippen LogP contribution in [0.25, 0.3) is 0 Å². The smallest absolute Gasteiger partial charge is 0.274 e. The summed E-state index contributed by atoms with van der Waals surface area (Å²) in [5, 5.41) is 16.5. The zero-order valence-electron chi connectivity index (χ0n) is 7.04. The molecule has 15 heavy (non-hydrogen) atoms. The van der Waals surface area contributed by atoms with Crippen LogP contribution in [0.15, 0.2) is 6.07 Å². The van der Waals surface area contributed by atoms with Crippen LogP contribution >= 0.6 is 11.6 Å². The molecule has 1 aromatic rings. The Morgan fingerprint density at radius 1 is 1.67 bits per heavy atom. The van der Waals surface area contributed by atoms with E-state index in [0.717, 1.165) is 0 Å². The Kier molecular flexibility index (Phi) is 3.17. The maximum Gasteiger partial charge on any atom is 0.274 e. The van der Waals surface area contributed by atoms with E-state index in [1.165, 1.54) is 6.07 Å². The van der Waals surface area contributed by atoms with Crippen LogP contribution in [0.1, 0.15) is 28.2 Å². The summed E-state index contributed by atoms with van der Waals surface area (Å²) in [4.78, 5) is 13.9. The first kappa shape index (κ1) is 11.3. The zero-order valence-corrected chi connectivity index (χ0v) is 7.79. The van der Waals surface area contributed by atoms with E-state index in [9.17, 15) is 13.6 Å². The molecule has 0 amide bonds. The molecular weight excluding hydrogens is 230 g/mol. The summed E-state index contributed by atoms with van der Waals surface area (Å²) >= 11 is 5.01. The normalized spacial score (nSPS) is 10.1. The van der Waals surface area contributed by atoms with Crippen molar-refractivity contribution in [2.75, 3.05) is 0 Å². The molecule has 0 radical (unpaired) electrons. The van der Waals surface area contributed by atoms with Crippen LogP contribution in [0.5, 0.6) is 5.75 Å². The molecule has 0 unspecified atom stereocenters. The molecule has 1 N–H and O–H groups in total. The minimum Gasteiger partial charge on any atom is -0.505 e. The summed E-state index contributed by atoms with van der Waals surface area (Å²) in [5.74, 6) is -0.774. The summed E-state index contributed by atoms with van der Waals surface area (Å²) in [7, 11) is 0. The molecule has 1 rings (SSSR count). The Bertz CT molecular complexity index is 457. The summed E-state index contributed by atoms with van der Waals surface area (Å²) in [5.41, 5.74) is -1.99. The van der Waals surface area contributed by atoms with Crippen molar-refractivity contribution in [3.8, 4) is 11.8 Å². The Morgan fingerprint density at radius 3 is 2.67 bits per heavy atom. The molecule has 1 heterocycles. The molecule has 0 atom stereocenters. The summed E-state index contributed by atoms with van der Waals surface area (Å²) in [6, 6.07) is 1.99. The van der Waals surface area contributed by atoms with E-state index in [1.54, 1.807) is 0 Å². The van der Waals surface area contributed by atoms with E-state index in [0.29, 0.717) is 6.07 Å². The van der Waals surface area contributed by atoms with Gasteiger partial charge >= 0.3 is 0 Å². The lowest BCUT2D eigenvalue weighted by atomic mass is 10.2. The van der Waals surface area contributed by atoms with Gasteiger partial charge in [0.15, 0.2) is 11.4 Å². The molecule has 0 saturated heterocycles. The number of aromatic nitrogens is 1. The molecule has 78 valence electrons. The molecule has 0 aliphatic heterocycles. The van der Waals surface area contributed by atoms with Gasteiger partial charge < -0.3 is 5.11 Å². The topological polar surface area (TPSA) is 74.0 Å². The van der Waals surface area contributed by atoms with E-state index in [1.807, 2.05) is 0 Å². The maximum atomic E-state index is 12.3. The van der Waals surface area contributed by atoms with Crippen molar-refractivity contribution >= 4 is 16.8 Å². The molecule has 0 spiro atoms. The van der Waals surface area contributed by atoms with E-state index < -0.39 is 34.4 Å². The van der Waals surface area contributed by atoms with Gasteiger partial charge in [-0.15, -0.1) is 0 Å². The molecule has 0 aliphatic carbocycles. The number of nitrogens with zero attached hydrogens (tertiary/aromatic N) is 2. The monoisotopic (exact) mass is 232 g/mol. The van der Waals surface area contributed by atoms with Gasteiger partial charge in [0.1, 0.15) is 11.8 Å². The minimum atomic E-state index is -2.96. The fraction of sp³-hybridized carbons (Fsp3) is 0.125. The highest BCUT2D eigenvalue weighted by atomic mass is 35.5. The van der Waals surface area contributed by atoms with E-state index in [-0.39, 0.29) is 0 Å². The van der Waals surface area contributed by atoms with Gasteiger partial charge in [-0.25, -0.2) is 13.8 Å². The molecule has 0 aromatic carbocycles. The third-order valence-corrected chi connectivity index (χ3v) is 1.74. The Hall–Kier alpha value is -1.74. The Morgan fingerprint density at radius 2 is 2.27 bits per heavy atom. The number of rotatable bonds is 2. The summed E-state index contributed by atoms with van der Waals surface area (Å²) in [6.07, 6.45) is -2.96. The van der Waals surface area contributed by atoms with Crippen LogP contribution < -0.4 is 0 Å². The largest absolute Gasteiger partial charge is 0.505 e. The number of aromatic hydroxyl groups is 1. The van der Waals surface area contributed by atoms with E-state index >= 15 is 0 Å². The van der Waals surface area contributed by atoms with Crippen LogP contribution in [0.4, 0.5) is 8.78 Å². The van der Waals surface area contributed by atoms with Gasteiger partial charge in [-0.1, -0.05) is 0 Å². The van der Waals surface area contributed by atoms with E-state index in [2.05, 4.69) is 4.98 Å². The second kappa shape index (κ2) is 4.19. The molecule has 0 saturated carbocycles. The number of hydrogen-bond acceptors (Lipinski definition) is 4. The van der Waals surface area contributed by atoms with Crippen molar-refractivity contribution < 1.29 is 18.7 Å². The molecule has 0 fully saturated rings. The van der Waals surface area contributed by atoms with Crippen molar-refractivity contribution in [2.24, 2.45) is 0 Å². The number of hydrogen-bond donors (Lipinski definition) is 1. The van der Waals surface area contributed by atoms with Crippen molar-refractivity contribution in [1.82, 2.24) is 4.98 Å². The predicted octanol–water partition coefficient (Wildman–Crippen LogP) is 1.98. The first-order valence-electron chi connectivity index (χ1n) is 3.59. The van der Waals surface area contributed by atoms with E-state index in [4.69, 9.17) is 22.0 Å². The van der Waals surface area contributed by atoms with Crippen molar-refractivity contribution in [2.45, 2.75) is 6.43 Å². The number of alkyl halides is 2. The van der Waals surface area contributed by atoms with Crippen LogP contribution in [0.2, 0.25) is 0 Å². The van der Waals surface area contributed by atoms with Crippen molar-refractivity contribution in [3.05, 3.63) is 23.0 Å². The number of pyridine rings is 1. The predicted molar refractivity (Wildman–Crippen MR) is 45.8 cm³/mol. The lowest BCUT2D eigenvalue weighted by molar-refractivity contribution is 0.107. The second-order valence-electron chi connectivity index (χ2n) is 2.48. The van der Waals surface area contributed by atoms with Crippen LogP contribution in [-0.2, 0) is 0 Å². The fourth-order valence-corrected chi connectivity index (χ4v) is 1.06. The molecule has 7 heteroatoms. The summed E-state index contributed by atoms with van der Waals surface area (Å²) < 4.78 is 24.6. The Balaban J connectivity index is 3.44. The molecule has 0 aliphatic rings. The van der Waals surface area contributed by atoms with Gasteiger partial charge in [0.05, 0.1) is 5.56 Å². The highest BCUT2D eigenvalue weighted by Crippen LogP contribution is 2.27. The third-order valence-electron chi connectivity index (χ3n) is 1.56. The van der Waals surface area contributed by atoms with Gasteiger partial charge in [0.2, 0.25) is 0 Å². The molecule has 4 nitrogen and oxygen atoms in total. The standard InChI is InChI=1S/C8H3ClF2N2O2/c9-7(15)6-5(14)1-3(8(10)11)4(2-12)13-6/h1,8,14H. The lowest BCUT2D eigenvalue weighted by Gasteiger charge is -2.04. The average molecular weight is 233 g/mol. The van der Waals surface area contributed by atoms with Gasteiger partial charge in [-0.05, 0) is 17.7 Å². The minimum absolute atomic E-state index is 0.603. The maximum absolute atomic E-state index is 12.3. The quantitative estimate of drug-likeness (QED) is 0.791. The summed E-state index contributed by atoms with van der Waals surface area (Å²) in [6.45, 7) is 0. The van der Waals surface area contributed by atoms with Crippen LogP contribution in [0, 0.1) is 11.3 Å². The second-order valence-corrected chi connectivity index (χ2v) is 2.82. The molecule has 1 aromatic heterocycles. The highest BCUT2D eigenvalue weighted by Gasteiger charge is 2.20. The SMILES string of the molecule is N#Cc1nc(C(=O)Cl)c(O)cc1C(F)F.